The standard InChI is InChI=1S/C13H18Br2N2O2S/c1-17(10-5-3-2-4-6-10)20(18,19)13-11(15)7-9(14)8-12(13)16/h7-8,10H,2-6,16H2,1H3. The summed E-state index contributed by atoms with van der Waals surface area (Å²) >= 11 is 6.62. The molecule has 0 aliphatic heterocycles. The number of nitrogens with zero attached hydrogens (tertiary/aromatic N) is 1. The zero-order valence-electron chi connectivity index (χ0n) is 11.3. The van der Waals surface area contributed by atoms with Crippen molar-refractivity contribution in [2.24, 2.45) is 0 Å². The predicted octanol–water partition coefficient (Wildman–Crippen LogP) is 3.75. The average Bonchev–Trinajstić information content (AvgIpc) is 2.37. The number of hydrogen-bond donors (Lipinski definition) is 1. The first-order chi connectivity index (χ1) is 9.34. The molecule has 0 saturated heterocycles. The second-order valence-electron chi connectivity index (χ2n) is 5.12. The Balaban J connectivity index is 2.39. The van der Waals surface area contributed by atoms with Crippen LogP contribution in [0, 0.1) is 0 Å². The second kappa shape index (κ2) is 6.34. The van der Waals surface area contributed by atoms with Crippen molar-refractivity contribution >= 4 is 47.6 Å². The van der Waals surface area contributed by atoms with Gasteiger partial charge in [-0.15, -0.1) is 0 Å². The summed E-state index contributed by atoms with van der Waals surface area (Å²) in [6.07, 6.45) is 5.20. The van der Waals surface area contributed by atoms with Crippen LogP contribution in [0.2, 0.25) is 0 Å². The van der Waals surface area contributed by atoms with Crippen LogP contribution in [0.4, 0.5) is 5.69 Å². The molecule has 1 saturated carbocycles. The van der Waals surface area contributed by atoms with Crippen LogP contribution in [0.1, 0.15) is 32.1 Å². The Labute approximate surface area is 137 Å². The topological polar surface area (TPSA) is 63.4 Å². The van der Waals surface area contributed by atoms with Crippen LogP contribution in [0.5, 0.6) is 0 Å². The van der Waals surface area contributed by atoms with Crippen LogP contribution in [0.3, 0.4) is 0 Å². The summed E-state index contributed by atoms with van der Waals surface area (Å²) in [7, 11) is -1.92. The molecule has 2 rings (SSSR count). The first-order valence-corrected chi connectivity index (χ1v) is 9.59. The zero-order valence-corrected chi connectivity index (χ0v) is 15.3. The molecular weight excluding hydrogens is 408 g/mol. The van der Waals surface area contributed by atoms with Crippen molar-refractivity contribution in [2.75, 3.05) is 12.8 Å². The molecule has 1 fully saturated rings. The van der Waals surface area contributed by atoms with Gasteiger partial charge in [0.1, 0.15) is 4.90 Å². The summed E-state index contributed by atoms with van der Waals surface area (Å²) < 4.78 is 28.3. The highest BCUT2D eigenvalue weighted by Crippen LogP contribution is 2.35. The van der Waals surface area contributed by atoms with Crippen molar-refractivity contribution in [2.45, 2.75) is 43.0 Å². The minimum atomic E-state index is -3.58. The number of hydrogen-bond acceptors (Lipinski definition) is 3. The van der Waals surface area contributed by atoms with Gasteiger partial charge in [0.15, 0.2) is 0 Å². The molecular formula is C13H18Br2N2O2S. The summed E-state index contributed by atoms with van der Waals surface area (Å²) in [6, 6.07) is 3.40. The quantitative estimate of drug-likeness (QED) is 0.750. The summed E-state index contributed by atoms with van der Waals surface area (Å²) in [5.74, 6) is 0. The molecule has 0 bridgehead atoms. The molecule has 1 aromatic rings. The Morgan fingerprint density at radius 1 is 1.20 bits per heavy atom. The molecule has 0 unspecified atom stereocenters. The number of nitrogens with two attached hydrogens (primary N) is 1. The van der Waals surface area contributed by atoms with E-state index in [0.29, 0.717) is 4.47 Å². The molecule has 0 atom stereocenters. The molecule has 1 aromatic carbocycles. The molecule has 0 radical (unpaired) electrons. The third kappa shape index (κ3) is 3.21. The lowest BCUT2D eigenvalue weighted by Crippen LogP contribution is -2.38. The maximum atomic E-state index is 12.8. The SMILES string of the molecule is CN(C1CCCCC1)S(=O)(=O)c1c(N)cc(Br)cc1Br. The highest BCUT2D eigenvalue weighted by molar-refractivity contribution is 9.11. The van der Waals surface area contributed by atoms with E-state index in [4.69, 9.17) is 5.73 Å². The van der Waals surface area contributed by atoms with E-state index >= 15 is 0 Å². The molecule has 7 heteroatoms. The number of rotatable bonds is 3. The molecule has 2 N–H and O–H groups in total. The van der Waals surface area contributed by atoms with Crippen molar-refractivity contribution in [3.8, 4) is 0 Å². The van der Waals surface area contributed by atoms with Crippen molar-refractivity contribution in [1.82, 2.24) is 4.31 Å². The van der Waals surface area contributed by atoms with Crippen LogP contribution < -0.4 is 5.73 Å². The van der Waals surface area contributed by atoms with Gasteiger partial charge in [-0.3, -0.25) is 0 Å². The molecule has 20 heavy (non-hydrogen) atoms. The van der Waals surface area contributed by atoms with Gasteiger partial charge in [0, 0.05) is 22.0 Å². The van der Waals surface area contributed by atoms with Crippen molar-refractivity contribution in [1.29, 1.82) is 0 Å². The molecule has 0 heterocycles. The van der Waals surface area contributed by atoms with E-state index in [1.54, 1.807) is 19.2 Å². The Kier molecular flexibility index (Phi) is 5.15. The van der Waals surface area contributed by atoms with Crippen LogP contribution in [0.25, 0.3) is 0 Å². The average molecular weight is 426 g/mol. The summed E-state index contributed by atoms with van der Waals surface area (Å²) in [4.78, 5) is 0.161. The van der Waals surface area contributed by atoms with Crippen molar-refractivity contribution in [3.05, 3.63) is 21.1 Å². The summed E-state index contributed by atoms with van der Waals surface area (Å²) in [5.41, 5.74) is 6.17. The van der Waals surface area contributed by atoms with E-state index in [-0.39, 0.29) is 16.6 Å². The van der Waals surface area contributed by atoms with Gasteiger partial charge in [0.2, 0.25) is 10.0 Å². The molecule has 112 valence electrons. The Morgan fingerprint density at radius 2 is 1.80 bits per heavy atom. The highest BCUT2D eigenvalue weighted by Gasteiger charge is 2.32. The van der Waals surface area contributed by atoms with Crippen LogP contribution in [0.15, 0.2) is 26.0 Å². The van der Waals surface area contributed by atoms with Gasteiger partial charge in [0.05, 0.1) is 5.69 Å². The van der Waals surface area contributed by atoms with Gasteiger partial charge < -0.3 is 5.73 Å². The molecule has 4 nitrogen and oxygen atoms in total. The van der Waals surface area contributed by atoms with E-state index in [2.05, 4.69) is 31.9 Å². The minimum Gasteiger partial charge on any atom is -0.398 e. The molecule has 0 amide bonds. The van der Waals surface area contributed by atoms with Crippen molar-refractivity contribution in [3.63, 3.8) is 0 Å². The number of anilines is 1. The number of sulfonamides is 1. The summed E-state index contributed by atoms with van der Waals surface area (Å²) in [6.45, 7) is 0. The number of halogens is 2. The fraction of sp³-hybridized carbons (Fsp3) is 0.538. The van der Waals surface area contributed by atoms with Crippen LogP contribution >= 0.6 is 31.9 Å². The van der Waals surface area contributed by atoms with Gasteiger partial charge in [-0.05, 0) is 40.9 Å². The van der Waals surface area contributed by atoms with Gasteiger partial charge in [-0.2, -0.15) is 4.31 Å². The lowest BCUT2D eigenvalue weighted by atomic mass is 9.96. The predicted molar refractivity (Wildman–Crippen MR) is 88.1 cm³/mol. The first kappa shape index (κ1) is 16.3. The number of benzene rings is 1. The van der Waals surface area contributed by atoms with Gasteiger partial charge in [-0.1, -0.05) is 35.2 Å². The maximum absolute atomic E-state index is 12.8. The lowest BCUT2D eigenvalue weighted by Gasteiger charge is -2.31. The van der Waals surface area contributed by atoms with Crippen LogP contribution in [-0.2, 0) is 10.0 Å². The Morgan fingerprint density at radius 3 is 2.35 bits per heavy atom. The Hall–Kier alpha value is -0.110. The van der Waals surface area contributed by atoms with Gasteiger partial charge in [0.25, 0.3) is 0 Å². The van der Waals surface area contributed by atoms with E-state index < -0.39 is 10.0 Å². The highest BCUT2D eigenvalue weighted by atomic mass is 79.9. The third-order valence-corrected chi connectivity index (χ3v) is 7.14. The number of nitrogen functional groups attached to an aromatic ring is 1. The maximum Gasteiger partial charge on any atom is 0.246 e. The molecule has 1 aliphatic rings. The van der Waals surface area contributed by atoms with E-state index in [0.717, 1.165) is 30.2 Å². The lowest BCUT2D eigenvalue weighted by molar-refractivity contribution is 0.286. The van der Waals surface area contributed by atoms with E-state index in [9.17, 15) is 8.42 Å². The van der Waals surface area contributed by atoms with Crippen molar-refractivity contribution < 1.29 is 8.42 Å². The molecule has 0 spiro atoms. The smallest absolute Gasteiger partial charge is 0.246 e. The second-order valence-corrected chi connectivity index (χ2v) is 8.82. The fourth-order valence-electron chi connectivity index (χ4n) is 2.64. The molecule has 0 aromatic heterocycles. The van der Waals surface area contributed by atoms with E-state index in [1.165, 1.54) is 10.7 Å². The largest absolute Gasteiger partial charge is 0.398 e. The first-order valence-electron chi connectivity index (χ1n) is 6.56. The Bertz CT molecular complexity index is 575. The monoisotopic (exact) mass is 424 g/mol. The minimum absolute atomic E-state index is 0.0729. The zero-order chi connectivity index (χ0) is 14.9. The normalized spacial score (nSPS) is 17.6. The fourth-order valence-corrected chi connectivity index (χ4v) is 6.06. The van der Waals surface area contributed by atoms with Gasteiger partial charge >= 0.3 is 0 Å². The van der Waals surface area contributed by atoms with Gasteiger partial charge in [-0.25, -0.2) is 8.42 Å². The van der Waals surface area contributed by atoms with E-state index in [1.807, 2.05) is 0 Å². The third-order valence-electron chi connectivity index (χ3n) is 3.76. The molecule has 1 aliphatic carbocycles. The van der Waals surface area contributed by atoms with Crippen LogP contribution in [-0.4, -0.2) is 25.8 Å². The summed E-state index contributed by atoms with van der Waals surface area (Å²) in [5, 5.41) is 0.